The van der Waals surface area contributed by atoms with Crippen molar-refractivity contribution in [2.75, 3.05) is 14.1 Å². The zero-order chi connectivity index (χ0) is 17.1. The van der Waals surface area contributed by atoms with Crippen LogP contribution in [0.2, 0.25) is 0 Å². The van der Waals surface area contributed by atoms with Gasteiger partial charge in [0.05, 0.1) is 11.4 Å². The first-order valence-corrected chi connectivity index (χ1v) is 7.58. The molecule has 0 spiro atoms. The van der Waals surface area contributed by atoms with Crippen LogP contribution in [-0.4, -0.2) is 37.2 Å². The number of hydrogen-bond acceptors (Lipinski definition) is 6. The lowest BCUT2D eigenvalue weighted by molar-refractivity contribution is -0.115. The Kier molecular flexibility index (Phi) is 5.24. The van der Waals surface area contributed by atoms with Crippen LogP contribution in [0, 0.1) is 11.3 Å². The molecule has 0 aliphatic heterocycles. The molecule has 0 saturated carbocycles. The van der Waals surface area contributed by atoms with Gasteiger partial charge in [-0.15, -0.1) is 0 Å². The average Bonchev–Trinajstić information content (AvgIpc) is 2.41. The highest BCUT2D eigenvalue weighted by atomic mass is 32.2. The van der Waals surface area contributed by atoms with Crippen LogP contribution in [0.3, 0.4) is 0 Å². The normalized spacial score (nSPS) is 12.7. The van der Waals surface area contributed by atoms with Crippen molar-refractivity contribution in [1.82, 2.24) is 8.87 Å². The van der Waals surface area contributed by atoms with E-state index >= 15 is 0 Å². The number of nitrogens with zero attached hydrogens (tertiary/aromatic N) is 3. The summed E-state index contributed by atoms with van der Waals surface area (Å²) in [7, 11) is -1.03. The summed E-state index contributed by atoms with van der Waals surface area (Å²) in [6, 6.07) is 3.88. The van der Waals surface area contributed by atoms with Crippen LogP contribution < -0.4 is 11.3 Å². The van der Waals surface area contributed by atoms with E-state index in [-0.39, 0.29) is 16.2 Å². The first kappa shape index (κ1) is 17.6. The topological polar surface area (TPSA) is 126 Å². The Morgan fingerprint density at radius 3 is 2.45 bits per heavy atom. The lowest BCUT2D eigenvalue weighted by Crippen LogP contribution is -2.28. The van der Waals surface area contributed by atoms with Gasteiger partial charge in [-0.2, -0.15) is 5.26 Å². The molecule has 1 aromatic rings. The third kappa shape index (κ3) is 3.60. The Morgan fingerprint density at radius 1 is 1.41 bits per heavy atom. The van der Waals surface area contributed by atoms with Crippen molar-refractivity contribution in [3.63, 3.8) is 0 Å². The van der Waals surface area contributed by atoms with Crippen LogP contribution in [0.5, 0.6) is 0 Å². The number of ketones is 1. The standard InChI is InChI=1S/C13H16N4O4S/c1-9(15)11(6-14)12(18)8-17-7-10(4-5-13(17)19)22(20,21)16(2)3/h4-5,7H,8,15H2,1-3H3/b11-9+. The van der Waals surface area contributed by atoms with Crippen molar-refractivity contribution in [1.29, 1.82) is 5.26 Å². The summed E-state index contributed by atoms with van der Waals surface area (Å²) in [4.78, 5) is 23.6. The van der Waals surface area contributed by atoms with Gasteiger partial charge in [-0.25, -0.2) is 12.7 Å². The van der Waals surface area contributed by atoms with Crippen LogP contribution in [0.1, 0.15) is 6.92 Å². The largest absolute Gasteiger partial charge is 0.401 e. The highest BCUT2D eigenvalue weighted by molar-refractivity contribution is 7.89. The predicted molar refractivity (Wildman–Crippen MR) is 79.1 cm³/mol. The summed E-state index contributed by atoms with van der Waals surface area (Å²) in [6.07, 6.45) is 1.07. The first-order valence-electron chi connectivity index (χ1n) is 6.14. The molecule has 0 saturated heterocycles. The van der Waals surface area contributed by atoms with Gasteiger partial charge in [0.2, 0.25) is 10.0 Å². The van der Waals surface area contributed by atoms with Crippen molar-refractivity contribution in [3.8, 4) is 6.07 Å². The molecule has 0 aliphatic carbocycles. The summed E-state index contributed by atoms with van der Waals surface area (Å²) >= 11 is 0. The van der Waals surface area contributed by atoms with E-state index < -0.39 is 27.9 Å². The summed E-state index contributed by atoms with van der Waals surface area (Å²) in [5.41, 5.74) is 4.65. The van der Waals surface area contributed by atoms with Crippen molar-refractivity contribution in [2.24, 2.45) is 5.73 Å². The maximum absolute atomic E-state index is 12.0. The van der Waals surface area contributed by atoms with E-state index in [4.69, 9.17) is 11.0 Å². The fourth-order valence-electron chi connectivity index (χ4n) is 1.60. The van der Waals surface area contributed by atoms with Gasteiger partial charge >= 0.3 is 0 Å². The second kappa shape index (κ2) is 6.55. The van der Waals surface area contributed by atoms with E-state index in [0.717, 1.165) is 27.2 Å². The molecule has 1 aromatic heterocycles. The number of carbonyl (C=O) groups is 1. The van der Waals surface area contributed by atoms with Gasteiger partial charge in [0, 0.05) is 32.1 Å². The van der Waals surface area contributed by atoms with Crippen molar-refractivity contribution >= 4 is 15.8 Å². The molecule has 118 valence electrons. The van der Waals surface area contributed by atoms with Gasteiger partial charge in [-0.1, -0.05) is 0 Å². The maximum atomic E-state index is 12.0. The summed E-state index contributed by atoms with van der Waals surface area (Å²) in [6.45, 7) is 0.930. The molecular formula is C13H16N4O4S. The molecule has 0 bridgehead atoms. The predicted octanol–water partition coefficient (Wildman–Crippen LogP) is -0.576. The van der Waals surface area contributed by atoms with Gasteiger partial charge in [-0.05, 0) is 13.0 Å². The molecule has 9 heteroatoms. The molecule has 0 aromatic carbocycles. The Morgan fingerprint density at radius 2 is 2.00 bits per heavy atom. The van der Waals surface area contributed by atoms with Crippen LogP contribution in [-0.2, 0) is 21.4 Å². The van der Waals surface area contributed by atoms with E-state index in [0.29, 0.717) is 0 Å². The first-order chi connectivity index (χ1) is 10.1. The SMILES string of the molecule is C/C(N)=C(/C#N)C(=O)Cn1cc(S(=O)(=O)N(C)C)ccc1=O. The fraction of sp³-hybridized carbons (Fsp3) is 0.308. The zero-order valence-electron chi connectivity index (χ0n) is 12.4. The van der Waals surface area contributed by atoms with Crippen molar-refractivity contribution in [2.45, 2.75) is 18.4 Å². The Hall–Kier alpha value is -2.44. The number of hydrogen-bond donors (Lipinski definition) is 1. The molecule has 0 unspecified atom stereocenters. The minimum atomic E-state index is -3.73. The number of sulfonamides is 1. The lowest BCUT2D eigenvalue weighted by Gasteiger charge is -2.13. The average molecular weight is 324 g/mol. The molecule has 0 fully saturated rings. The molecule has 22 heavy (non-hydrogen) atoms. The summed E-state index contributed by atoms with van der Waals surface area (Å²) < 4.78 is 26.0. The minimum absolute atomic E-state index is 0.0395. The Balaban J connectivity index is 3.29. The summed E-state index contributed by atoms with van der Waals surface area (Å²) in [5.74, 6) is -0.663. The van der Waals surface area contributed by atoms with Crippen LogP contribution in [0.4, 0.5) is 0 Å². The van der Waals surface area contributed by atoms with Crippen LogP contribution in [0.15, 0.2) is 39.3 Å². The van der Waals surface area contributed by atoms with E-state index in [9.17, 15) is 18.0 Å². The maximum Gasteiger partial charge on any atom is 0.251 e. The number of allylic oxidation sites excluding steroid dienone is 2. The molecule has 1 rings (SSSR count). The highest BCUT2D eigenvalue weighted by Gasteiger charge is 2.19. The number of aromatic nitrogens is 1. The molecule has 1 heterocycles. The van der Waals surface area contributed by atoms with E-state index in [1.807, 2.05) is 0 Å². The molecule has 0 radical (unpaired) electrons. The number of nitrogens with two attached hydrogens (primary N) is 1. The Bertz CT molecular complexity index is 824. The second-order valence-corrected chi connectivity index (χ2v) is 6.86. The highest BCUT2D eigenvalue weighted by Crippen LogP contribution is 2.11. The van der Waals surface area contributed by atoms with Gasteiger partial charge in [0.25, 0.3) is 5.56 Å². The number of pyridine rings is 1. The van der Waals surface area contributed by atoms with Crippen LogP contribution in [0.25, 0.3) is 0 Å². The van der Waals surface area contributed by atoms with E-state index in [2.05, 4.69) is 0 Å². The number of carbonyl (C=O) groups excluding carboxylic acids is 1. The van der Waals surface area contributed by atoms with Crippen molar-refractivity contribution in [3.05, 3.63) is 40.0 Å². The Labute approximate surface area is 128 Å². The van der Waals surface area contributed by atoms with E-state index in [1.165, 1.54) is 21.0 Å². The molecule has 0 aliphatic rings. The van der Waals surface area contributed by atoms with Gasteiger partial charge < -0.3 is 10.3 Å². The van der Waals surface area contributed by atoms with Gasteiger partial charge in [0.1, 0.15) is 11.6 Å². The second-order valence-electron chi connectivity index (χ2n) is 4.71. The monoisotopic (exact) mass is 324 g/mol. The molecular weight excluding hydrogens is 308 g/mol. The third-order valence-electron chi connectivity index (χ3n) is 2.83. The van der Waals surface area contributed by atoms with Crippen molar-refractivity contribution < 1.29 is 13.2 Å². The third-order valence-corrected chi connectivity index (χ3v) is 4.63. The molecule has 2 N–H and O–H groups in total. The fourth-order valence-corrected chi connectivity index (χ4v) is 2.52. The number of nitriles is 1. The van der Waals surface area contributed by atoms with Crippen LogP contribution >= 0.6 is 0 Å². The minimum Gasteiger partial charge on any atom is -0.401 e. The van der Waals surface area contributed by atoms with E-state index in [1.54, 1.807) is 6.07 Å². The zero-order valence-corrected chi connectivity index (χ0v) is 13.2. The molecule has 0 atom stereocenters. The molecule has 0 amide bonds. The van der Waals surface area contributed by atoms with Gasteiger partial charge in [-0.3, -0.25) is 9.59 Å². The number of rotatable bonds is 5. The number of Topliss-reactive ketones (excluding diaryl/α,β-unsaturated/α-hetero) is 1. The quantitative estimate of drug-likeness (QED) is 0.570. The molecule has 8 nitrogen and oxygen atoms in total. The smallest absolute Gasteiger partial charge is 0.251 e. The lowest BCUT2D eigenvalue weighted by atomic mass is 10.1. The summed E-state index contributed by atoms with van der Waals surface area (Å²) in [5, 5.41) is 8.87. The van der Waals surface area contributed by atoms with Gasteiger partial charge in [0.15, 0.2) is 5.78 Å².